The molecule has 3 aliphatic rings. The fourth-order valence-electron chi connectivity index (χ4n) is 6.68. The third-order valence-corrected chi connectivity index (χ3v) is 7.74. The molecular weight excluding hydrogens is 344 g/mol. The molecule has 28 heavy (non-hydrogen) atoms. The van der Waals surface area contributed by atoms with Gasteiger partial charge in [0.15, 0.2) is 6.29 Å². The van der Waals surface area contributed by atoms with E-state index < -0.39 is 0 Å². The maximum atomic E-state index is 6.40. The van der Waals surface area contributed by atoms with E-state index in [0.717, 1.165) is 29.4 Å². The smallest absolute Gasteiger partial charge is 0.197 e. The van der Waals surface area contributed by atoms with Crippen LogP contribution in [0.25, 0.3) is 0 Å². The van der Waals surface area contributed by atoms with Gasteiger partial charge in [-0.25, -0.2) is 0 Å². The number of hydrogen-bond donors (Lipinski definition) is 0. The molecule has 0 heterocycles. The molecule has 3 aliphatic carbocycles. The molecule has 0 amide bonds. The normalized spacial score (nSPS) is 33.7. The first kappa shape index (κ1) is 20.3. The van der Waals surface area contributed by atoms with Crippen LogP contribution in [0.2, 0.25) is 0 Å². The van der Waals surface area contributed by atoms with Crippen LogP contribution in [0, 0.1) is 29.1 Å². The van der Waals surface area contributed by atoms with Crippen molar-refractivity contribution in [2.45, 2.75) is 97.9 Å². The molecule has 0 radical (unpaired) electrons. The van der Waals surface area contributed by atoms with Crippen LogP contribution in [0.5, 0.6) is 5.75 Å². The van der Waals surface area contributed by atoms with E-state index in [1.165, 1.54) is 50.5 Å². The Kier molecular flexibility index (Phi) is 5.80. The summed E-state index contributed by atoms with van der Waals surface area (Å²) in [5, 5.41) is 0. The monoisotopic (exact) mass is 384 g/mol. The SMILES string of the molecule is CCC(CC(C)(C)C)c1ccc(OC(C)OC2CC3CC2C2CCCC32)cc1. The maximum Gasteiger partial charge on any atom is 0.197 e. The largest absolute Gasteiger partial charge is 0.465 e. The van der Waals surface area contributed by atoms with Gasteiger partial charge in [0.2, 0.25) is 0 Å². The first-order valence-electron chi connectivity index (χ1n) is 11.8. The summed E-state index contributed by atoms with van der Waals surface area (Å²) in [5.41, 5.74) is 1.79. The molecule has 7 atom stereocenters. The molecule has 2 bridgehead atoms. The molecule has 1 aromatic carbocycles. The van der Waals surface area contributed by atoms with Crippen molar-refractivity contribution in [3.05, 3.63) is 29.8 Å². The van der Waals surface area contributed by atoms with Gasteiger partial charge in [0, 0.05) is 0 Å². The highest BCUT2D eigenvalue weighted by molar-refractivity contribution is 5.29. The minimum Gasteiger partial charge on any atom is -0.465 e. The van der Waals surface area contributed by atoms with Crippen LogP contribution in [-0.2, 0) is 4.74 Å². The first-order chi connectivity index (χ1) is 13.3. The molecule has 0 aliphatic heterocycles. The minimum absolute atomic E-state index is 0.161. The second-order valence-electron chi connectivity index (χ2n) is 11.0. The van der Waals surface area contributed by atoms with Crippen molar-refractivity contribution in [3.63, 3.8) is 0 Å². The Labute approximate surface area is 172 Å². The molecule has 156 valence electrons. The van der Waals surface area contributed by atoms with Gasteiger partial charge >= 0.3 is 0 Å². The Morgan fingerprint density at radius 3 is 2.39 bits per heavy atom. The predicted molar refractivity (Wildman–Crippen MR) is 116 cm³/mol. The van der Waals surface area contributed by atoms with Crippen molar-refractivity contribution in [1.82, 2.24) is 0 Å². The number of hydrogen-bond acceptors (Lipinski definition) is 2. The molecule has 7 unspecified atom stereocenters. The van der Waals surface area contributed by atoms with E-state index in [9.17, 15) is 0 Å². The average molecular weight is 385 g/mol. The standard InChI is InChI=1S/C26H40O2/c1-6-18(16-26(3,4)5)19-10-12-21(13-11-19)27-17(2)28-25-15-20-14-24(25)23-9-7-8-22(20)23/h10-13,17-18,20,22-25H,6-9,14-16H2,1-5H3. The Morgan fingerprint density at radius 2 is 1.71 bits per heavy atom. The second-order valence-corrected chi connectivity index (χ2v) is 11.0. The number of rotatable bonds is 7. The zero-order valence-corrected chi connectivity index (χ0v) is 18.6. The average Bonchev–Trinajstić information content (AvgIpc) is 3.32. The Morgan fingerprint density at radius 1 is 1.00 bits per heavy atom. The van der Waals surface area contributed by atoms with Crippen molar-refractivity contribution >= 4 is 0 Å². The lowest BCUT2D eigenvalue weighted by molar-refractivity contribution is -0.132. The zero-order valence-electron chi connectivity index (χ0n) is 18.6. The van der Waals surface area contributed by atoms with Crippen molar-refractivity contribution in [2.24, 2.45) is 29.1 Å². The van der Waals surface area contributed by atoms with E-state index in [2.05, 4.69) is 58.9 Å². The minimum atomic E-state index is -0.161. The van der Waals surface area contributed by atoms with Crippen molar-refractivity contribution in [3.8, 4) is 5.75 Å². The topological polar surface area (TPSA) is 18.5 Å². The van der Waals surface area contributed by atoms with Crippen LogP contribution in [0.15, 0.2) is 24.3 Å². The fraction of sp³-hybridized carbons (Fsp3) is 0.769. The molecule has 3 saturated carbocycles. The molecule has 0 spiro atoms. The Bertz CT molecular complexity index is 643. The molecule has 2 nitrogen and oxygen atoms in total. The third kappa shape index (κ3) is 4.27. The van der Waals surface area contributed by atoms with Gasteiger partial charge in [-0.2, -0.15) is 0 Å². The molecule has 0 saturated heterocycles. The fourth-order valence-corrected chi connectivity index (χ4v) is 6.68. The van der Waals surface area contributed by atoms with E-state index >= 15 is 0 Å². The zero-order chi connectivity index (χ0) is 19.9. The lowest BCUT2D eigenvalue weighted by Crippen LogP contribution is -2.34. The van der Waals surface area contributed by atoms with Crippen LogP contribution < -0.4 is 4.74 Å². The van der Waals surface area contributed by atoms with Crippen molar-refractivity contribution in [1.29, 1.82) is 0 Å². The summed E-state index contributed by atoms with van der Waals surface area (Å²) in [6.07, 6.45) is 9.71. The van der Waals surface area contributed by atoms with E-state index in [0.29, 0.717) is 17.4 Å². The van der Waals surface area contributed by atoms with Crippen LogP contribution in [-0.4, -0.2) is 12.4 Å². The van der Waals surface area contributed by atoms with Gasteiger partial charge in [0.1, 0.15) is 5.75 Å². The molecule has 2 heteroatoms. The molecule has 4 rings (SSSR count). The predicted octanol–water partition coefficient (Wildman–Crippen LogP) is 7.18. The van der Waals surface area contributed by atoms with Crippen LogP contribution in [0.4, 0.5) is 0 Å². The number of benzene rings is 1. The third-order valence-electron chi connectivity index (χ3n) is 7.74. The summed E-state index contributed by atoms with van der Waals surface area (Å²) in [6, 6.07) is 8.77. The summed E-state index contributed by atoms with van der Waals surface area (Å²) in [4.78, 5) is 0. The van der Waals surface area contributed by atoms with Gasteiger partial charge in [-0.15, -0.1) is 0 Å². The van der Waals surface area contributed by atoms with Crippen LogP contribution in [0.1, 0.15) is 91.0 Å². The van der Waals surface area contributed by atoms with Crippen LogP contribution >= 0.6 is 0 Å². The van der Waals surface area contributed by atoms with E-state index in [4.69, 9.17) is 9.47 Å². The number of ether oxygens (including phenoxy) is 2. The van der Waals surface area contributed by atoms with E-state index in [1.807, 2.05) is 0 Å². The highest BCUT2D eigenvalue weighted by atomic mass is 16.7. The first-order valence-corrected chi connectivity index (χ1v) is 11.8. The Hall–Kier alpha value is -1.02. The van der Waals surface area contributed by atoms with Crippen molar-refractivity contribution < 1.29 is 9.47 Å². The lowest BCUT2D eigenvalue weighted by atomic mass is 9.80. The highest BCUT2D eigenvalue weighted by Gasteiger charge is 2.54. The summed E-state index contributed by atoms with van der Waals surface area (Å²) < 4.78 is 12.5. The Balaban J connectivity index is 1.31. The van der Waals surface area contributed by atoms with Crippen molar-refractivity contribution in [2.75, 3.05) is 0 Å². The van der Waals surface area contributed by atoms with E-state index in [-0.39, 0.29) is 6.29 Å². The van der Waals surface area contributed by atoms with Gasteiger partial charge in [-0.1, -0.05) is 46.2 Å². The van der Waals surface area contributed by atoms with Gasteiger partial charge in [-0.3, -0.25) is 0 Å². The van der Waals surface area contributed by atoms with Gasteiger partial charge in [-0.05, 0) is 98.1 Å². The van der Waals surface area contributed by atoms with Gasteiger partial charge < -0.3 is 9.47 Å². The molecule has 0 N–H and O–H groups in total. The van der Waals surface area contributed by atoms with Gasteiger partial charge in [0.25, 0.3) is 0 Å². The van der Waals surface area contributed by atoms with Gasteiger partial charge in [0.05, 0.1) is 6.10 Å². The molecule has 3 fully saturated rings. The lowest BCUT2D eigenvalue weighted by Gasteiger charge is -2.33. The molecule has 0 aromatic heterocycles. The quantitative estimate of drug-likeness (QED) is 0.463. The summed E-state index contributed by atoms with van der Waals surface area (Å²) >= 11 is 0. The van der Waals surface area contributed by atoms with E-state index in [1.54, 1.807) is 0 Å². The molecular formula is C26H40O2. The number of fused-ring (bicyclic) bond motifs is 5. The van der Waals surface area contributed by atoms with Crippen LogP contribution in [0.3, 0.4) is 0 Å². The second kappa shape index (κ2) is 8.01. The summed E-state index contributed by atoms with van der Waals surface area (Å²) in [6.45, 7) is 11.3. The highest BCUT2D eigenvalue weighted by Crippen LogP contribution is 2.59. The summed E-state index contributed by atoms with van der Waals surface area (Å²) in [5.74, 6) is 5.26. The maximum absolute atomic E-state index is 6.40. The summed E-state index contributed by atoms with van der Waals surface area (Å²) in [7, 11) is 0. The molecule has 1 aromatic rings.